The first-order valence-electron chi connectivity index (χ1n) is 17.8. The van der Waals surface area contributed by atoms with Crippen LogP contribution >= 0.6 is 0 Å². The summed E-state index contributed by atoms with van der Waals surface area (Å²) in [5.41, 5.74) is 3.10. The average Bonchev–Trinajstić information content (AvgIpc) is 3.08. The first kappa shape index (κ1) is 38.4. The molecule has 0 unspecified atom stereocenters. The molecule has 14 heteroatoms. The summed E-state index contributed by atoms with van der Waals surface area (Å²) in [6, 6.07) is 9.99. The van der Waals surface area contributed by atoms with Crippen LogP contribution in [0.15, 0.2) is 56.5 Å². The van der Waals surface area contributed by atoms with Gasteiger partial charge < -0.3 is 19.5 Å². The van der Waals surface area contributed by atoms with Crippen LogP contribution in [0, 0.1) is 11.8 Å². The van der Waals surface area contributed by atoms with E-state index in [0.29, 0.717) is 84.9 Å². The molecule has 5 rings (SSSR count). The van der Waals surface area contributed by atoms with E-state index in [0.717, 1.165) is 51.6 Å². The van der Waals surface area contributed by atoms with Crippen LogP contribution in [0.3, 0.4) is 0 Å². The topological polar surface area (TPSA) is 124 Å². The molecule has 0 bridgehead atoms. The van der Waals surface area contributed by atoms with Crippen molar-refractivity contribution in [2.75, 3.05) is 80.7 Å². The Labute approximate surface area is 299 Å². The number of sulfonamides is 2. The predicted octanol–water partition coefficient (Wildman–Crippen LogP) is 4.28. The number of fused-ring (bicyclic) bond motifs is 2. The van der Waals surface area contributed by atoms with Gasteiger partial charge in [0, 0.05) is 61.5 Å². The average molecular weight is 731 g/mol. The minimum atomic E-state index is -3.81. The Morgan fingerprint density at radius 3 is 1.34 bits per heavy atom. The molecule has 2 saturated heterocycles. The molecule has 276 valence electrons. The number of piperidine rings is 2. The van der Waals surface area contributed by atoms with Crippen LogP contribution in [0.2, 0.25) is 0 Å². The number of hydrogen-bond donors (Lipinski definition) is 0. The molecule has 0 spiro atoms. The molecular weight excluding hydrogens is 677 g/mol. The van der Waals surface area contributed by atoms with Gasteiger partial charge in [0.1, 0.15) is 24.6 Å². The van der Waals surface area contributed by atoms with Crippen molar-refractivity contribution in [2.24, 2.45) is 22.1 Å². The summed E-state index contributed by atoms with van der Waals surface area (Å²) in [6.07, 6.45) is 4.70. The van der Waals surface area contributed by atoms with Crippen molar-refractivity contribution in [3.63, 3.8) is 0 Å². The van der Waals surface area contributed by atoms with Crippen LogP contribution in [-0.4, -0.2) is 127 Å². The molecule has 0 aromatic heterocycles. The van der Waals surface area contributed by atoms with Gasteiger partial charge in [0.15, 0.2) is 0 Å². The van der Waals surface area contributed by atoms with Gasteiger partial charge in [-0.05, 0) is 103 Å². The minimum Gasteiger partial charge on any atom is -0.395 e. The highest BCUT2D eigenvalue weighted by Gasteiger charge is 2.35. The van der Waals surface area contributed by atoms with Gasteiger partial charge in [0.25, 0.3) is 0 Å². The van der Waals surface area contributed by atoms with Gasteiger partial charge in [-0.1, -0.05) is 36.3 Å². The number of oxime groups is 2. The van der Waals surface area contributed by atoms with E-state index in [9.17, 15) is 16.8 Å². The maximum Gasteiger partial charge on any atom is 0.243 e. The normalized spacial score (nSPS) is 18.3. The fraction of sp³-hybridized carbons (Fsp3) is 0.611. The molecule has 12 nitrogen and oxygen atoms in total. The lowest BCUT2D eigenvalue weighted by atomic mass is 9.83. The SMILES string of the molecule is CC1CCN(S(=O)(=O)c2ccc3c(c2)C(=NOCCCN(C)C)c2cc(S(=O)(=O)N4CCC(C)CC4)ccc2C3=NOCCCN(C)C)CC1. The quantitative estimate of drug-likeness (QED) is 0.178. The summed E-state index contributed by atoms with van der Waals surface area (Å²) >= 11 is 0. The number of rotatable bonds is 14. The second kappa shape index (κ2) is 16.6. The van der Waals surface area contributed by atoms with Crippen molar-refractivity contribution < 1.29 is 26.5 Å². The van der Waals surface area contributed by atoms with Crippen LogP contribution in [0.4, 0.5) is 0 Å². The van der Waals surface area contributed by atoms with Crippen LogP contribution in [-0.2, 0) is 29.7 Å². The molecule has 0 atom stereocenters. The Morgan fingerprint density at radius 1 is 0.620 bits per heavy atom. The molecule has 0 saturated carbocycles. The van der Waals surface area contributed by atoms with E-state index in [2.05, 4.69) is 34.0 Å². The molecule has 0 radical (unpaired) electrons. The van der Waals surface area contributed by atoms with Crippen LogP contribution in [0.1, 0.15) is 74.6 Å². The molecule has 1 aliphatic carbocycles. The van der Waals surface area contributed by atoms with Gasteiger partial charge in [-0.25, -0.2) is 16.8 Å². The first-order valence-corrected chi connectivity index (χ1v) is 20.7. The van der Waals surface area contributed by atoms with E-state index in [1.165, 1.54) is 0 Å². The van der Waals surface area contributed by atoms with Crippen molar-refractivity contribution in [3.05, 3.63) is 58.7 Å². The molecule has 2 fully saturated rings. The Balaban J connectivity index is 1.61. The largest absolute Gasteiger partial charge is 0.395 e. The maximum absolute atomic E-state index is 14.0. The van der Waals surface area contributed by atoms with E-state index in [-0.39, 0.29) is 9.79 Å². The maximum atomic E-state index is 14.0. The van der Waals surface area contributed by atoms with Crippen molar-refractivity contribution in [1.29, 1.82) is 0 Å². The third kappa shape index (κ3) is 8.94. The lowest BCUT2D eigenvalue weighted by Gasteiger charge is -2.30. The Hall–Kier alpha value is -2.88. The molecule has 0 amide bonds. The highest BCUT2D eigenvalue weighted by atomic mass is 32.2. The van der Waals surface area contributed by atoms with Crippen LogP contribution in [0.5, 0.6) is 0 Å². The molecule has 2 aromatic rings. The summed E-state index contributed by atoms with van der Waals surface area (Å²) in [5, 5.41) is 9.18. The van der Waals surface area contributed by atoms with E-state index in [1.807, 2.05) is 28.2 Å². The van der Waals surface area contributed by atoms with Gasteiger partial charge in [-0.15, -0.1) is 0 Å². The number of nitrogens with zero attached hydrogens (tertiary/aromatic N) is 6. The zero-order valence-corrected chi connectivity index (χ0v) is 32.1. The summed E-state index contributed by atoms with van der Waals surface area (Å²) in [6.45, 7) is 8.47. The Morgan fingerprint density at radius 2 is 0.980 bits per heavy atom. The van der Waals surface area contributed by atoms with Gasteiger partial charge in [-0.2, -0.15) is 8.61 Å². The molecule has 3 aliphatic rings. The van der Waals surface area contributed by atoms with Gasteiger partial charge in [0.05, 0.1) is 9.79 Å². The fourth-order valence-electron chi connectivity index (χ4n) is 6.52. The van der Waals surface area contributed by atoms with E-state index >= 15 is 0 Å². The minimum absolute atomic E-state index is 0.145. The van der Waals surface area contributed by atoms with Crippen molar-refractivity contribution in [1.82, 2.24) is 18.4 Å². The third-order valence-corrected chi connectivity index (χ3v) is 13.5. The molecule has 50 heavy (non-hydrogen) atoms. The summed E-state index contributed by atoms with van der Waals surface area (Å²) in [7, 11) is 0.350. The number of benzene rings is 2. The van der Waals surface area contributed by atoms with E-state index < -0.39 is 20.0 Å². The van der Waals surface area contributed by atoms with Crippen molar-refractivity contribution >= 4 is 31.5 Å². The lowest BCUT2D eigenvalue weighted by Crippen LogP contribution is -2.38. The molecular formula is C36H54N6O6S2. The van der Waals surface area contributed by atoms with Crippen molar-refractivity contribution in [3.8, 4) is 0 Å². The molecule has 0 N–H and O–H groups in total. The van der Waals surface area contributed by atoms with Crippen molar-refractivity contribution in [2.45, 2.75) is 62.2 Å². The zero-order chi connectivity index (χ0) is 36.1. The summed E-state index contributed by atoms with van der Waals surface area (Å²) in [5.74, 6) is 0.945. The van der Waals surface area contributed by atoms with E-state index in [1.54, 1.807) is 45.0 Å². The Bertz CT molecular complexity index is 1650. The smallest absolute Gasteiger partial charge is 0.243 e. The second-order valence-electron chi connectivity index (χ2n) is 14.4. The predicted molar refractivity (Wildman–Crippen MR) is 197 cm³/mol. The lowest BCUT2D eigenvalue weighted by molar-refractivity contribution is 0.134. The summed E-state index contributed by atoms with van der Waals surface area (Å²) < 4.78 is 59.0. The Kier molecular flexibility index (Phi) is 12.8. The molecule has 2 aromatic carbocycles. The summed E-state index contributed by atoms with van der Waals surface area (Å²) in [4.78, 5) is 16.1. The monoisotopic (exact) mass is 730 g/mol. The number of hydrogen-bond acceptors (Lipinski definition) is 10. The highest BCUT2D eigenvalue weighted by molar-refractivity contribution is 7.89. The molecule has 2 aliphatic heterocycles. The highest BCUT2D eigenvalue weighted by Crippen LogP contribution is 2.34. The second-order valence-corrected chi connectivity index (χ2v) is 18.3. The first-order chi connectivity index (χ1) is 23.8. The zero-order valence-electron chi connectivity index (χ0n) is 30.5. The fourth-order valence-corrected chi connectivity index (χ4v) is 9.51. The van der Waals surface area contributed by atoms with Gasteiger partial charge in [0.2, 0.25) is 20.0 Å². The van der Waals surface area contributed by atoms with Gasteiger partial charge >= 0.3 is 0 Å². The standard InChI is InChI=1S/C36H54N6O6S2/c1-27-13-19-41(20-14-27)49(43,44)29-9-11-31-33(25-29)36(38-48-24-8-18-40(5)6)34-26-30(50(45,46)42-21-15-28(2)16-22-42)10-12-32(34)35(31)37-47-23-7-17-39(3)4/h9-12,25-28H,7-8,13-24H2,1-6H3. The van der Waals surface area contributed by atoms with Crippen LogP contribution < -0.4 is 0 Å². The van der Waals surface area contributed by atoms with E-state index in [4.69, 9.17) is 9.68 Å². The van der Waals surface area contributed by atoms with Crippen LogP contribution in [0.25, 0.3) is 0 Å². The molecule has 2 heterocycles. The third-order valence-electron chi connectivity index (χ3n) is 9.76. The van der Waals surface area contributed by atoms with Gasteiger partial charge in [-0.3, -0.25) is 0 Å².